The molecular weight excluding hydrogens is 481 g/mol. The van der Waals surface area contributed by atoms with Gasteiger partial charge in [-0.3, -0.25) is 14.9 Å². The third kappa shape index (κ3) is 4.02. The number of benzene rings is 2. The molecule has 10 nitrogen and oxygen atoms in total. The molecule has 1 fully saturated rings. The molecular formula is C22H17Cl2N7O3. The third-order valence-electron chi connectivity index (χ3n) is 5.66. The fourth-order valence-electron chi connectivity index (χ4n) is 3.96. The van der Waals surface area contributed by atoms with Crippen LogP contribution in [-0.2, 0) is 0 Å². The molecule has 12 heteroatoms. The van der Waals surface area contributed by atoms with Gasteiger partial charge in [0.05, 0.1) is 32.8 Å². The molecule has 0 spiro atoms. The summed E-state index contributed by atoms with van der Waals surface area (Å²) in [6, 6.07) is 11.2. The average Bonchev–Trinajstić information content (AvgIpc) is 3.28. The highest BCUT2D eigenvalue weighted by atomic mass is 35.5. The van der Waals surface area contributed by atoms with Crippen molar-refractivity contribution >= 4 is 51.6 Å². The number of piperazine rings is 1. The number of carbonyl (C=O) groups excluding carboxylic acids is 1. The molecule has 0 bridgehead atoms. The summed E-state index contributed by atoms with van der Waals surface area (Å²) < 4.78 is 1.70. The summed E-state index contributed by atoms with van der Waals surface area (Å²) in [5.41, 5.74) is 1.38. The topological polar surface area (TPSA) is 110 Å². The van der Waals surface area contributed by atoms with Gasteiger partial charge in [0.25, 0.3) is 11.6 Å². The molecule has 5 rings (SSSR count). The van der Waals surface area contributed by atoms with Gasteiger partial charge in [-0.15, -0.1) is 0 Å². The van der Waals surface area contributed by atoms with E-state index in [0.717, 1.165) is 16.9 Å². The van der Waals surface area contributed by atoms with Gasteiger partial charge in [0, 0.05) is 43.3 Å². The molecule has 2 aromatic carbocycles. The highest BCUT2D eigenvalue weighted by Gasteiger charge is 2.27. The monoisotopic (exact) mass is 497 g/mol. The Hall–Kier alpha value is -3.76. The fourth-order valence-corrected chi connectivity index (χ4v) is 4.35. The van der Waals surface area contributed by atoms with Crippen LogP contribution in [0.5, 0.6) is 0 Å². The minimum absolute atomic E-state index is 0.122. The molecule has 0 N–H and O–H groups in total. The Morgan fingerprint density at radius 1 is 1.03 bits per heavy atom. The molecule has 0 radical (unpaired) electrons. The number of rotatable bonds is 4. The molecule has 1 aliphatic heterocycles. The number of nitrogens with zero attached hydrogens (tertiary/aromatic N) is 7. The Kier molecular flexibility index (Phi) is 5.76. The molecule has 3 heterocycles. The zero-order chi connectivity index (χ0) is 23.8. The van der Waals surface area contributed by atoms with E-state index in [1.165, 1.54) is 24.5 Å². The van der Waals surface area contributed by atoms with Crippen LogP contribution in [0.4, 0.5) is 11.5 Å². The Labute approximate surface area is 203 Å². The van der Waals surface area contributed by atoms with Crippen molar-refractivity contribution in [2.75, 3.05) is 31.1 Å². The van der Waals surface area contributed by atoms with Crippen LogP contribution in [-0.4, -0.2) is 61.7 Å². The van der Waals surface area contributed by atoms with E-state index in [1.807, 2.05) is 12.1 Å². The first-order valence-corrected chi connectivity index (χ1v) is 11.1. The summed E-state index contributed by atoms with van der Waals surface area (Å²) in [7, 11) is 0. The van der Waals surface area contributed by atoms with Gasteiger partial charge in [-0.25, -0.2) is 14.6 Å². The van der Waals surface area contributed by atoms with Gasteiger partial charge in [-0.05, 0) is 24.3 Å². The largest absolute Gasteiger partial charge is 0.352 e. The van der Waals surface area contributed by atoms with Crippen molar-refractivity contribution in [1.82, 2.24) is 24.6 Å². The Morgan fingerprint density at radius 3 is 2.56 bits per heavy atom. The van der Waals surface area contributed by atoms with Crippen LogP contribution in [0.1, 0.15) is 10.4 Å². The van der Waals surface area contributed by atoms with E-state index in [0.29, 0.717) is 36.8 Å². The van der Waals surface area contributed by atoms with Crippen molar-refractivity contribution in [3.8, 4) is 5.69 Å². The lowest BCUT2D eigenvalue weighted by molar-refractivity contribution is -0.384. The van der Waals surface area contributed by atoms with Crippen molar-refractivity contribution in [2.24, 2.45) is 0 Å². The minimum atomic E-state index is -0.547. The van der Waals surface area contributed by atoms with E-state index in [1.54, 1.807) is 27.9 Å². The second kappa shape index (κ2) is 8.88. The second-order valence-electron chi connectivity index (χ2n) is 7.67. The second-order valence-corrected chi connectivity index (χ2v) is 8.51. The summed E-state index contributed by atoms with van der Waals surface area (Å²) >= 11 is 12.3. The van der Waals surface area contributed by atoms with E-state index >= 15 is 0 Å². The van der Waals surface area contributed by atoms with E-state index in [-0.39, 0.29) is 22.2 Å². The summed E-state index contributed by atoms with van der Waals surface area (Å²) in [5, 5.41) is 17.1. The highest BCUT2D eigenvalue weighted by Crippen LogP contribution is 2.28. The predicted molar refractivity (Wildman–Crippen MR) is 128 cm³/mol. The Balaban J connectivity index is 1.36. The lowest BCUT2D eigenvalue weighted by atomic mass is 10.1. The van der Waals surface area contributed by atoms with Crippen molar-refractivity contribution in [3.05, 3.63) is 80.7 Å². The van der Waals surface area contributed by atoms with Crippen LogP contribution < -0.4 is 4.90 Å². The standard InChI is InChI=1S/C22H17Cl2N7O3/c23-14-2-1-3-15(10-14)30-21-18(12-27-30)20(25-13-26-21)28-6-8-29(9-7-28)22(32)17-11-16(31(33)34)4-5-19(17)24/h1-5,10-13H,6-9H2. The zero-order valence-corrected chi connectivity index (χ0v) is 19.1. The molecule has 0 aliphatic carbocycles. The maximum atomic E-state index is 13.0. The van der Waals surface area contributed by atoms with Crippen molar-refractivity contribution in [3.63, 3.8) is 0 Å². The molecule has 2 aromatic heterocycles. The lowest BCUT2D eigenvalue weighted by Crippen LogP contribution is -2.49. The number of nitro benzene ring substituents is 1. The van der Waals surface area contributed by atoms with Crippen LogP contribution in [0.3, 0.4) is 0 Å². The molecule has 0 unspecified atom stereocenters. The van der Waals surface area contributed by atoms with Gasteiger partial charge in [-0.2, -0.15) is 5.10 Å². The van der Waals surface area contributed by atoms with Gasteiger partial charge in [-0.1, -0.05) is 29.3 Å². The lowest BCUT2D eigenvalue weighted by Gasteiger charge is -2.35. The van der Waals surface area contributed by atoms with Crippen molar-refractivity contribution in [1.29, 1.82) is 0 Å². The molecule has 4 aromatic rings. The van der Waals surface area contributed by atoms with Crippen molar-refractivity contribution < 1.29 is 9.72 Å². The summed E-state index contributed by atoms with van der Waals surface area (Å²) in [6.07, 6.45) is 3.20. The minimum Gasteiger partial charge on any atom is -0.352 e. The maximum Gasteiger partial charge on any atom is 0.270 e. The maximum absolute atomic E-state index is 13.0. The molecule has 0 saturated carbocycles. The number of halogens is 2. The summed E-state index contributed by atoms with van der Waals surface area (Å²) in [4.78, 5) is 36.1. The highest BCUT2D eigenvalue weighted by molar-refractivity contribution is 6.34. The van der Waals surface area contributed by atoms with Crippen LogP contribution in [0, 0.1) is 10.1 Å². The molecule has 1 saturated heterocycles. The van der Waals surface area contributed by atoms with Gasteiger partial charge < -0.3 is 9.80 Å². The van der Waals surface area contributed by atoms with E-state index in [4.69, 9.17) is 23.2 Å². The number of anilines is 1. The fraction of sp³-hybridized carbons (Fsp3) is 0.182. The number of fused-ring (bicyclic) bond motifs is 1. The molecule has 1 aliphatic rings. The first-order chi connectivity index (χ1) is 16.4. The number of hydrogen-bond acceptors (Lipinski definition) is 7. The third-order valence-corrected chi connectivity index (χ3v) is 6.22. The smallest absolute Gasteiger partial charge is 0.270 e. The molecule has 0 atom stereocenters. The first-order valence-electron chi connectivity index (χ1n) is 10.4. The van der Waals surface area contributed by atoms with Gasteiger partial charge in [0.15, 0.2) is 5.65 Å². The van der Waals surface area contributed by atoms with Gasteiger partial charge >= 0.3 is 0 Å². The van der Waals surface area contributed by atoms with Crippen LogP contribution in [0.25, 0.3) is 16.7 Å². The van der Waals surface area contributed by atoms with Crippen molar-refractivity contribution in [2.45, 2.75) is 0 Å². The Morgan fingerprint density at radius 2 is 1.82 bits per heavy atom. The summed E-state index contributed by atoms with van der Waals surface area (Å²) in [5.74, 6) is 0.383. The number of non-ortho nitro benzene ring substituents is 1. The summed E-state index contributed by atoms with van der Waals surface area (Å²) in [6.45, 7) is 1.86. The van der Waals surface area contributed by atoms with Crippen LogP contribution >= 0.6 is 23.2 Å². The molecule has 172 valence electrons. The van der Waals surface area contributed by atoms with Gasteiger partial charge in [0.1, 0.15) is 12.1 Å². The normalized spacial score (nSPS) is 13.9. The van der Waals surface area contributed by atoms with E-state index < -0.39 is 4.92 Å². The quantitative estimate of drug-likeness (QED) is 0.309. The number of nitro groups is 1. The number of hydrogen-bond donors (Lipinski definition) is 0. The number of aromatic nitrogens is 4. The first kappa shape index (κ1) is 22.1. The average molecular weight is 498 g/mol. The van der Waals surface area contributed by atoms with Crippen LogP contribution in [0.15, 0.2) is 55.0 Å². The molecule has 34 heavy (non-hydrogen) atoms. The van der Waals surface area contributed by atoms with E-state index in [2.05, 4.69) is 20.0 Å². The van der Waals surface area contributed by atoms with E-state index in [9.17, 15) is 14.9 Å². The predicted octanol–water partition coefficient (Wildman–Crippen LogP) is 3.99. The number of amides is 1. The van der Waals surface area contributed by atoms with Gasteiger partial charge in [0.2, 0.25) is 0 Å². The Bertz CT molecular complexity index is 1420. The molecule has 1 amide bonds. The van der Waals surface area contributed by atoms with Crippen LogP contribution in [0.2, 0.25) is 10.0 Å². The number of carbonyl (C=O) groups is 1. The zero-order valence-electron chi connectivity index (χ0n) is 17.6. The SMILES string of the molecule is O=C(c1cc([N+](=O)[O-])ccc1Cl)N1CCN(c2ncnc3c2cnn3-c2cccc(Cl)c2)CC1.